The van der Waals surface area contributed by atoms with Crippen molar-refractivity contribution < 1.29 is 14.4 Å². The molecule has 8 nitrogen and oxygen atoms in total. The molecule has 4 amide bonds. The number of carbonyl (C=O) groups excluding carboxylic acids is 3. The molecular weight excluding hydrogens is 454 g/mol. The highest BCUT2D eigenvalue weighted by molar-refractivity contribution is 6.02. The first kappa shape index (κ1) is 24.2. The number of nitrogens with zero attached hydrogens (tertiary/aromatic N) is 4. The van der Waals surface area contributed by atoms with Crippen LogP contribution in [0, 0.1) is 5.92 Å². The molecule has 0 bridgehead atoms. The molecule has 1 N–H and O–H groups in total. The van der Waals surface area contributed by atoms with E-state index in [-0.39, 0.29) is 29.8 Å². The largest absolute Gasteiger partial charge is 0.371 e. The molecule has 1 aliphatic carbocycles. The van der Waals surface area contributed by atoms with Crippen LogP contribution in [0.25, 0.3) is 0 Å². The van der Waals surface area contributed by atoms with E-state index in [1.165, 1.54) is 0 Å². The van der Waals surface area contributed by atoms with Crippen molar-refractivity contribution in [1.29, 1.82) is 0 Å². The van der Waals surface area contributed by atoms with Gasteiger partial charge in [-0.1, -0.05) is 30.3 Å². The highest BCUT2D eigenvalue weighted by Crippen LogP contribution is 2.35. The predicted octanol–water partition coefficient (Wildman–Crippen LogP) is 3.82. The van der Waals surface area contributed by atoms with E-state index in [0.717, 1.165) is 55.7 Å². The zero-order chi connectivity index (χ0) is 25.2. The van der Waals surface area contributed by atoms with E-state index in [9.17, 15) is 14.4 Å². The third-order valence-electron chi connectivity index (χ3n) is 7.37. The third-order valence-corrected chi connectivity index (χ3v) is 7.37. The molecule has 3 fully saturated rings. The maximum absolute atomic E-state index is 14.1. The van der Waals surface area contributed by atoms with E-state index < -0.39 is 0 Å². The number of hydrogen-bond donors (Lipinski definition) is 1. The molecule has 1 atom stereocenters. The van der Waals surface area contributed by atoms with Crippen molar-refractivity contribution in [1.82, 2.24) is 14.7 Å². The van der Waals surface area contributed by atoms with Gasteiger partial charge in [0.1, 0.15) is 0 Å². The average molecular weight is 490 g/mol. The summed E-state index contributed by atoms with van der Waals surface area (Å²) in [5, 5.41) is 3.04. The molecule has 0 radical (unpaired) electrons. The van der Waals surface area contributed by atoms with Crippen molar-refractivity contribution in [2.75, 3.05) is 57.0 Å². The fourth-order valence-electron chi connectivity index (χ4n) is 5.20. The van der Waals surface area contributed by atoms with Gasteiger partial charge in [-0.2, -0.15) is 0 Å². The summed E-state index contributed by atoms with van der Waals surface area (Å²) < 4.78 is 0. The van der Waals surface area contributed by atoms with Crippen LogP contribution in [-0.4, -0.2) is 79.4 Å². The number of urea groups is 1. The Balaban J connectivity index is 1.45. The molecule has 0 aromatic heterocycles. The van der Waals surface area contributed by atoms with Gasteiger partial charge in [-0.3, -0.25) is 9.59 Å². The highest BCUT2D eigenvalue weighted by Gasteiger charge is 2.36. The van der Waals surface area contributed by atoms with Crippen LogP contribution >= 0.6 is 0 Å². The highest BCUT2D eigenvalue weighted by atomic mass is 16.2. The third kappa shape index (κ3) is 5.03. The minimum Gasteiger partial charge on any atom is -0.371 e. The minimum atomic E-state index is -0.239. The smallest absolute Gasteiger partial charge is 0.319 e. The molecule has 0 spiro atoms. The second kappa shape index (κ2) is 10.2. The van der Waals surface area contributed by atoms with Crippen molar-refractivity contribution in [3.05, 3.63) is 59.7 Å². The normalized spacial score (nSPS) is 19.8. The molecule has 8 heteroatoms. The van der Waals surface area contributed by atoms with E-state index >= 15 is 0 Å². The van der Waals surface area contributed by atoms with Crippen molar-refractivity contribution in [3.63, 3.8) is 0 Å². The van der Waals surface area contributed by atoms with Gasteiger partial charge < -0.3 is 24.9 Å². The molecule has 2 aromatic carbocycles. The van der Waals surface area contributed by atoms with Gasteiger partial charge in [0, 0.05) is 58.4 Å². The van der Waals surface area contributed by atoms with Crippen LogP contribution in [0.1, 0.15) is 47.6 Å². The van der Waals surface area contributed by atoms with Crippen LogP contribution < -0.4 is 10.2 Å². The van der Waals surface area contributed by atoms with Gasteiger partial charge in [-0.15, -0.1) is 0 Å². The number of benzene rings is 2. The van der Waals surface area contributed by atoms with Crippen molar-refractivity contribution in [2.45, 2.75) is 31.7 Å². The van der Waals surface area contributed by atoms with E-state index in [2.05, 4.69) is 10.2 Å². The van der Waals surface area contributed by atoms with Gasteiger partial charge >= 0.3 is 6.03 Å². The second-order valence-corrected chi connectivity index (χ2v) is 10.2. The lowest BCUT2D eigenvalue weighted by molar-refractivity contribution is -0.117. The van der Waals surface area contributed by atoms with Crippen molar-refractivity contribution in [3.8, 4) is 0 Å². The summed E-state index contributed by atoms with van der Waals surface area (Å²) in [6.07, 6.45) is 4.07. The molecule has 2 heterocycles. The van der Waals surface area contributed by atoms with E-state index in [1.807, 2.05) is 58.3 Å². The Labute approximate surface area is 212 Å². The molecule has 36 heavy (non-hydrogen) atoms. The van der Waals surface area contributed by atoms with Gasteiger partial charge in [-0.05, 0) is 49.4 Å². The summed E-state index contributed by atoms with van der Waals surface area (Å²) in [7, 11) is 3.51. The summed E-state index contributed by atoms with van der Waals surface area (Å²) in [6, 6.07) is 15.3. The van der Waals surface area contributed by atoms with Crippen LogP contribution in [0.5, 0.6) is 0 Å². The van der Waals surface area contributed by atoms with E-state index in [1.54, 1.807) is 19.0 Å². The topological polar surface area (TPSA) is 76.2 Å². The molecule has 2 aromatic rings. The Morgan fingerprint density at radius 1 is 0.917 bits per heavy atom. The second-order valence-electron chi connectivity index (χ2n) is 10.2. The molecule has 3 aliphatic rings. The predicted molar refractivity (Wildman–Crippen MR) is 140 cm³/mol. The monoisotopic (exact) mass is 489 g/mol. The van der Waals surface area contributed by atoms with E-state index in [0.29, 0.717) is 25.2 Å². The van der Waals surface area contributed by atoms with E-state index in [4.69, 9.17) is 0 Å². The molecule has 2 saturated heterocycles. The summed E-state index contributed by atoms with van der Waals surface area (Å²) in [5.41, 5.74) is 3.28. The Morgan fingerprint density at radius 2 is 1.64 bits per heavy atom. The summed E-state index contributed by atoms with van der Waals surface area (Å²) in [6.45, 7) is 3.18. The van der Waals surface area contributed by atoms with Crippen molar-refractivity contribution in [2.24, 2.45) is 5.92 Å². The SMILES string of the molecule is CN(C)C(=O)N1CCN(C(=O)c2ccc(NC(=O)C3CC3)cc2N2CCCC2)C(c2ccccc2)C1. The number of amides is 4. The Morgan fingerprint density at radius 3 is 2.31 bits per heavy atom. The maximum Gasteiger partial charge on any atom is 0.319 e. The first-order chi connectivity index (χ1) is 17.4. The van der Waals surface area contributed by atoms with Crippen molar-refractivity contribution >= 4 is 29.2 Å². The summed E-state index contributed by atoms with van der Waals surface area (Å²) in [5.74, 6) is 0.143. The number of rotatable bonds is 5. The van der Waals surface area contributed by atoms with Gasteiger partial charge in [0.25, 0.3) is 5.91 Å². The van der Waals surface area contributed by atoms with Gasteiger partial charge in [0.15, 0.2) is 0 Å². The van der Waals surface area contributed by atoms with Crippen LogP contribution in [0.15, 0.2) is 48.5 Å². The standard InChI is InChI=1S/C28H35N5O3/c1-30(2)28(36)32-16-17-33(25(19-32)20-8-4-3-5-9-20)27(35)23-13-12-22(29-26(34)21-10-11-21)18-24(23)31-14-6-7-15-31/h3-5,8-9,12-13,18,21,25H,6-7,10-11,14-17,19H2,1-2H3,(H,29,34). The summed E-state index contributed by atoms with van der Waals surface area (Å²) >= 11 is 0. The molecule has 5 rings (SSSR count). The molecule has 190 valence electrons. The molecule has 1 saturated carbocycles. The molecule has 2 aliphatic heterocycles. The number of carbonyl (C=O) groups is 3. The first-order valence-corrected chi connectivity index (χ1v) is 12.9. The van der Waals surface area contributed by atoms with Crippen LogP contribution in [0.4, 0.5) is 16.2 Å². The number of anilines is 2. The lowest BCUT2D eigenvalue weighted by atomic mass is 10.00. The van der Waals surface area contributed by atoms with Crippen LogP contribution in [0.3, 0.4) is 0 Å². The number of nitrogens with one attached hydrogen (secondary N) is 1. The number of piperazine rings is 1. The molecule has 1 unspecified atom stereocenters. The summed E-state index contributed by atoms with van der Waals surface area (Å²) in [4.78, 5) is 46.8. The minimum absolute atomic E-state index is 0.0391. The van der Waals surface area contributed by atoms with Crippen LogP contribution in [0.2, 0.25) is 0 Å². The maximum atomic E-state index is 14.1. The van der Waals surface area contributed by atoms with Crippen LogP contribution in [-0.2, 0) is 4.79 Å². The Kier molecular flexibility index (Phi) is 6.85. The van der Waals surface area contributed by atoms with Gasteiger partial charge in [0.2, 0.25) is 5.91 Å². The number of hydrogen-bond acceptors (Lipinski definition) is 4. The van der Waals surface area contributed by atoms with Gasteiger partial charge in [-0.25, -0.2) is 4.79 Å². The zero-order valence-corrected chi connectivity index (χ0v) is 21.2. The van der Waals surface area contributed by atoms with Gasteiger partial charge in [0.05, 0.1) is 17.3 Å². The Hall–Kier alpha value is -3.55. The average Bonchev–Trinajstić information content (AvgIpc) is 3.62. The lowest BCUT2D eigenvalue weighted by Crippen LogP contribution is -2.54. The molecular formula is C28H35N5O3. The lowest BCUT2D eigenvalue weighted by Gasteiger charge is -2.42. The zero-order valence-electron chi connectivity index (χ0n) is 21.2. The first-order valence-electron chi connectivity index (χ1n) is 12.9. The fourth-order valence-corrected chi connectivity index (χ4v) is 5.20. The fraction of sp³-hybridized carbons (Fsp3) is 0.464. The Bertz CT molecular complexity index is 1130. The quantitative estimate of drug-likeness (QED) is 0.693.